The fourth-order valence-electron chi connectivity index (χ4n) is 3.09. The summed E-state index contributed by atoms with van der Waals surface area (Å²) < 4.78 is 0. The summed E-state index contributed by atoms with van der Waals surface area (Å²) in [6, 6.07) is 13.7. The topological polar surface area (TPSA) is 49.4 Å². The molecule has 2 aromatic rings. The van der Waals surface area contributed by atoms with Gasteiger partial charge in [0.2, 0.25) is 11.8 Å². The maximum atomic E-state index is 12.6. The van der Waals surface area contributed by atoms with Crippen molar-refractivity contribution >= 4 is 35.0 Å². The summed E-state index contributed by atoms with van der Waals surface area (Å²) in [6.45, 7) is 6.06. The van der Waals surface area contributed by atoms with E-state index in [2.05, 4.69) is 11.4 Å². The van der Waals surface area contributed by atoms with Crippen LogP contribution in [0.25, 0.3) is 0 Å². The van der Waals surface area contributed by atoms with Crippen LogP contribution in [0.5, 0.6) is 0 Å². The second kappa shape index (κ2) is 7.31. The van der Waals surface area contributed by atoms with Crippen LogP contribution >= 0.6 is 11.8 Å². The fraction of sp³-hybridized carbons (Fsp3) is 0.300. The van der Waals surface area contributed by atoms with Crippen LogP contribution in [0.1, 0.15) is 24.5 Å². The third-order valence-corrected chi connectivity index (χ3v) is 5.22. The van der Waals surface area contributed by atoms with Crippen molar-refractivity contribution in [3.05, 3.63) is 53.6 Å². The van der Waals surface area contributed by atoms with Gasteiger partial charge in [-0.25, -0.2) is 0 Å². The van der Waals surface area contributed by atoms with Crippen LogP contribution in [0.2, 0.25) is 0 Å². The average Bonchev–Trinajstić information content (AvgIpc) is 2.62. The summed E-state index contributed by atoms with van der Waals surface area (Å²) in [5.41, 5.74) is 3.77. The van der Waals surface area contributed by atoms with E-state index in [9.17, 15) is 9.59 Å². The molecule has 0 fully saturated rings. The highest BCUT2D eigenvalue weighted by molar-refractivity contribution is 8.00. The van der Waals surface area contributed by atoms with Gasteiger partial charge in [0.15, 0.2) is 0 Å². The number of anilines is 2. The summed E-state index contributed by atoms with van der Waals surface area (Å²) in [5, 5.41) is 3.11. The molecule has 1 unspecified atom stereocenters. The fourth-order valence-corrected chi connectivity index (χ4v) is 4.21. The third kappa shape index (κ3) is 4.23. The lowest BCUT2D eigenvalue weighted by Crippen LogP contribution is -2.38. The lowest BCUT2D eigenvalue weighted by Gasteiger charge is -2.22. The van der Waals surface area contributed by atoms with E-state index < -0.39 is 0 Å². The zero-order valence-electron chi connectivity index (χ0n) is 14.7. The van der Waals surface area contributed by atoms with Crippen LogP contribution in [-0.4, -0.2) is 23.6 Å². The molecule has 1 N–H and O–H groups in total. The molecule has 4 nitrogen and oxygen atoms in total. The Kier molecular flexibility index (Phi) is 5.13. The van der Waals surface area contributed by atoms with E-state index in [1.54, 1.807) is 16.7 Å². The van der Waals surface area contributed by atoms with Crippen LogP contribution < -0.4 is 10.2 Å². The number of hydrogen-bond donors (Lipinski definition) is 1. The van der Waals surface area contributed by atoms with Gasteiger partial charge in [-0.2, -0.15) is 0 Å². The van der Waals surface area contributed by atoms with E-state index in [-0.39, 0.29) is 23.6 Å². The van der Waals surface area contributed by atoms with Gasteiger partial charge in [-0.15, -0.1) is 11.8 Å². The van der Waals surface area contributed by atoms with Crippen molar-refractivity contribution in [2.24, 2.45) is 0 Å². The van der Waals surface area contributed by atoms with Crippen molar-refractivity contribution < 1.29 is 9.59 Å². The zero-order chi connectivity index (χ0) is 18.0. The van der Waals surface area contributed by atoms with Gasteiger partial charge in [0.05, 0.1) is 5.69 Å². The van der Waals surface area contributed by atoms with Crippen LogP contribution in [-0.2, 0) is 9.59 Å². The molecule has 0 spiro atoms. The molecule has 0 bridgehead atoms. The Labute approximate surface area is 152 Å². The molecule has 5 heteroatoms. The monoisotopic (exact) mass is 354 g/mol. The molecule has 1 atom stereocenters. The summed E-state index contributed by atoms with van der Waals surface area (Å²) >= 11 is 1.68. The molecular weight excluding hydrogens is 332 g/mol. The summed E-state index contributed by atoms with van der Waals surface area (Å²) in [4.78, 5) is 27.8. The van der Waals surface area contributed by atoms with Crippen molar-refractivity contribution in [1.29, 1.82) is 0 Å². The molecule has 1 aliphatic rings. The highest BCUT2D eigenvalue weighted by Crippen LogP contribution is 2.37. The lowest BCUT2D eigenvalue weighted by molar-refractivity contribution is -0.121. The number of fused-ring (bicyclic) bond motifs is 1. The first kappa shape index (κ1) is 17.5. The Balaban J connectivity index is 1.81. The van der Waals surface area contributed by atoms with Crippen LogP contribution in [0, 0.1) is 13.8 Å². The van der Waals surface area contributed by atoms with Gasteiger partial charge in [-0.3, -0.25) is 9.59 Å². The molecule has 25 heavy (non-hydrogen) atoms. The highest BCUT2D eigenvalue weighted by Gasteiger charge is 2.27. The number of carbonyl (C=O) groups is 2. The Morgan fingerprint density at radius 1 is 1.20 bits per heavy atom. The first-order valence-electron chi connectivity index (χ1n) is 8.36. The van der Waals surface area contributed by atoms with Gasteiger partial charge in [0.1, 0.15) is 6.54 Å². The minimum Gasteiger partial charge on any atom is -0.325 e. The molecule has 130 valence electrons. The molecular formula is C20H22N2O2S. The second-order valence-corrected chi connectivity index (χ2v) is 7.99. The van der Waals surface area contributed by atoms with Crippen molar-refractivity contribution in [2.75, 3.05) is 16.8 Å². The smallest absolute Gasteiger partial charge is 0.244 e. The Morgan fingerprint density at radius 3 is 2.60 bits per heavy atom. The molecule has 0 aliphatic carbocycles. The van der Waals surface area contributed by atoms with E-state index >= 15 is 0 Å². The number of hydrogen-bond acceptors (Lipinski definition) is 3. The minimum absolute atomic E-state index is 0.0134. The van der Waals surface area contributed by atoms with Crippen LogP contribution in [0.3, 0.4) is 0 Å². The Bertz CT molecular complexity index is 799. The predicted molar refractivity (Wildman–Crippen MR) is 103 cm³/mol. The number of carbonyl (C=O) groups excluding carboxylic acids is 2. The second-order valence-electron chi connectivity index (χ2n) is 6.50. The number of aryl methyl sites for hydroxylation is 2. The largest absolute Gasteiger partial charge is 0.325 e. The molecule has 0 saturated heterocycles. The van der Waals surface area contributed by atoms with E-state index in [0.717, 1.165) is 27.4 Å². The molecule has 1 aliphatic heterocycles. The van der Waals surface area contributed by atoms with Crippen molar-refractivity contribution in [3.63, 3.8) is 0 Å². The number of rotatable bonds is 3. The van der Waals surface area contributed by atoms with E-state index in [0.29, 0.717) is 6.42 Å². The number of thioether (sulfide) groups is 1. The Morgan fingerprint density at radius 2 is 1.88 bits per heavy atom. The van der Waals surface area contributed by atoms with Gasteiger partial charge in [0, 0.05) is 22.3 Å². The first-order chi connectivity index (χ1) is 11.9. The van der Waals surface area contributed by atoms with Gasteiger partial charge < -0.3 is 10.2 Å². The van der Waals surface area contributed by atoms with Gasteiger partial charge in [-0.05, 0) is 49.2 Å². The number of nitrogens with zero attached hydrogens (tertiary/aromatic N) is 1. The maximum absolute atomic E-state index is 12.6. The maximum Gasteiger partial charge on any atom is 0.244 e. The number of nitrogens with one attached hydrogen (secondary N) is 1. The molecule has 1 heterocycles. The summed E-state index contributed by atoms with van der Waals surface area (Å²) in [5.74, 6) is -0.201. The zero-order valence-corrected chi connectivity index (χ0v) is 15.5. The number of amides is 2. The number of benzene rings is 2. The first-order valence-corrected chi connectivity index (χ1v) is 9.24. The molecule has 0 saturated carbocycles. The van der Waals surface area contributed by atoms with Gasteiger partial charge >= 0.3 is 0 Å². The summed E-state index contributed by atoms with van der Waals surface area (Å²) in [6.07, 6.45) is 0.427. The SMILES string of the molecule is Cc1cc(C)cc(NC(=O)CN2C(=O)CC(C)Sc3ccccc32)c1. The molecule has 3 rings (SSSR count). The van der Waals surface area contributed by atoms with Crippen molar-refractivity contribution in [3.8, 4) is 0 Å². The van der Waals surface area contributed by atoms with E-state index in [1.807, 2.05) is 57.2 Å². The third-order valence-electron chi connectivity index (χ3n) is 4.05. The predicted octanol–water partition coefficient (Wildman–Crippen LogP) is 4.16. The van der Waals surface area contributed by atoms with Gasteiger partial charge in [0.25, 0.3) is 0 Å². The normalized spacial score (nSPS) is 17.0. The molecule has 2 aromatic carbocycles. The van der Waals surface area contributed by atoms with Crippen molar-refractivity contribution in [2.45, 2.75) is 37.3 Å². The molecule has 0 aromatic heterocycles. The van der Waals surface area contributed by atoms with E-state index in [1.165, 1.54) is 0 Å². The Hall–Kier alpha value is -2.27. The average molecular weight is 354 g/mol. The lowest BCUT2D eigenvalue weighted by atomic mass is 10.1. The van der Waals surface area contributed by atoms with Crippen LogP contribution in [0.15, 0.2) is 47.4 Å². The van der Waals surface area contributed by atoms with Gasteiger partial charge in [-0.1, -0.05) is 25.1 Å². The molecule has 0 radical (unpaired) electrons. The minimum atomic E-state index is -0.187. The molecule has 2 amide bonds. The van der Waals surface area contributed by atoms with E-state index in [4.69, 9.17) is 0 Å². The highest BCUT2D eigenvalue weighted by atomic mass is 32.2. The quantitative estimate of drug-likeness (QED) is 0.900. The summed E-state index contributed by atoms with van der Waals surface area (Å²) in [7, 11) is 0. The van der Waals surface area contributed by atoms with Crippen molar-refractivity contribution in [1.82, 2.24) is 0 Å². The van der Waals surface area contributed by atoms with Crippen LogP contribution in [0.4, 0.5) is 11.4 Å². The number of para-hydroxylation sites is 1. The standard InChI is InChI=1S/C20H22N2O2S/c1-13-8-14(2)10-16(9-13)21-19(23)12-22-17-6-4-5-7-18(17)25-15(3)11-20(22)24/h4-10,15H,11-12H2,1-3H3,(H,21,23).